The van der Waals surface area contributed by atoms with Crippen LogP contribution in [-0.2, 0) is 13.5 Å². The van der Waals surface area contributed by atoms with Gasteiger partial charge in [-0.2, -0.15) is 5.10 Å². The van der Waals surface area contributed by atoms with Crippen LogP contribution in [-0.4, -0.2) is 25.5 Å². The van der Waals surface area contributed by atoms with Crippen LogP contribution in [0.2, 0.25) is 0 Å². The Balaban J connectivity index is 1.45. The van der Waals surface area contributed by atoms with E-state index >= 15 is 0 Å². The zero-order valence-electron chi connectivity index (χ0n) is 15.9. The van der Waals surface area contributed by atoms with Crippen molar-refractivity contribution in [3.63, 3.8) is 0 Å². The van der Waals surface area contributed by atoms with E-state index < -0.39 is 0 Å². The number of nitrogens with zero attached hydrogens (tertiary/aromatic N) is 4. The Morgan fingerprint density at radius 2 is 1.83 bits per heavy atom. The SMILES string of the molecule is Cn1cc(-c2ccc3cnc(CC(=O)c4ccc5ncccc5c4)cc3c2)cn1. The highest BCUT2D eigenvalue weighted by Gasteiger charge is 2.10. The van der Waals surface area contributed by atoms with E-state index in [1.165, 1.54) is 0 Å². The molecule has 0 fully saturated rings. The Labute approximate surface area is 167 Å². The van der Waals surface area contributed by atoms with E-state index in [1.807, 2.05) is 68.1 Å². The van der Waals surface area contributed by atoms with Crippen molar-refractivity contribution in [2.75, 3.05) is 0 Å². The quantitative estimate of drug-likeness (QED) is 0.429. The molecule has 0 atom stereocenters. The van der Waals surface area contributed by atoms with Crippen molar-refractivity contribution < 1.29 is 4.79 Å². The van der Waals surface area contributed by atoms with Gasteiger partial charge in [-0.05, 0) is 47.3 Å². The molecule has 0 amide bonds. The number of Topliss-reactive ketones (excluding diaryl/α,β-unsaturated/α-hetero) is 1. The number of pyridine rings is 2. The summed E-state index contributed by atoms with van der Waals surface area (Å²) in [5, 5.41) is 7.31. The number of carbonyl (C=O) groups is 1. The number of hydrogen-bond donors (Lipinski definition) is 0. The second-order valence-corrected chi connectivity index (χ2v) is 7.15. The summed E-state index contributed by atoms with van der Waals surface area (Å²) in [5.74, 6) is 0.0472. The number of aromatic nitrogens is 4. The van der Waals surface area contributed by atoms with Crippen molar-refractivity contribution in [2.45, 2.75) is 6.42 Å². The molecule has 0 radical (unpaired) electrons. The highest BCUT2D eigenvalue weighted by atomic mass is 16.1. The van der Waals surface area contributed by atoms with Gasteiger partial charge in [-0.3, -0.25) is 19.4 Å². The van der Waals surface area contributed by atoms with Crippen LogP contribution < -0.4 is 0 Å². The van der Waals surface area contributed by atoms with Gasteiger partial charge in [-0.1, -0.05) is 18.2 Å². The first-order valence-electron chi connectivity index (χ1n) is 9.41. The Bertz CT molecular complexity index is 1370. The second-order valence-electron chi connectivity index (χ2n) is 7.15. The maximum Gasteiger partial charge on any atom is 0.168 e. The molecule has 0 N–H and O–H groups in total. The van der Waals surface area contributed by atoms with Gasteiger partial charge in [0, 0.05) is 53.2 Å². The van der Waals surface area contributed by atoms with Crippen LogP contribution in [0, 0.1) is 0 Å². The topological polar surface area (TPSA) is 60.7 Å². The third-order valence-electron chi connectivity index (χ3n) is 5.08. The van der Waals surface area contributed by atoms with Gasteiger partial charge in [0.1, 0.15) is 0 Å². The average Bonchev–Trinajstić information content (AvgIpc) is 3.19. The maximum atomic E-state index is 12.8. The Hall–Kier alpha value is -3.86. The zero-order chi connectivity index (χ0) is 19.8. The Kier molecular flexibility index (Phi) is 4.13. The molecule has 0 aliphatic heterocycles. The fraction of sp³-hybridized carbons (Fsp3) is 0.0833. The molecule has 2 aromatic carbocycles. The van der Waals surface area contributed by atoms with Crippen LogP contribution >= 0.6 is 0 Å². The monoisotopic (exact) mass is 378 g/mol. The summed E-state index contributed by atoms with van der Waals surface area (Å²) in [5.41, 5.74) is 4.48. The second kappa shape index (κ2) is 6.95. The lowest BCUT2D eigenvalue weighted by atomic mass is 10.0. The summed E-state index contributed by atoms with van der Waals surface area (Å²) in [6.07, 6.45) is 7.68. The number of fused-ring (bicyclic) bond motifs is 2. The fourth-order valence-electron chi connectivity index (χ4n) is 3.55. The molecule has 3 aromatic heterocycles. The van der Waals surface area contributed by atoms with Crippen LogP contribution in [0.3, 0.4) is 0 Å². The van der Waals surface area contributed by atoms with Crippen molar-refractivity contribution in [3.8, 4) is 11.1 Å². The first-order valence-corrected chi connectivity index (χ1v) is 9.41. The zero-order valence-corrected chi connectivity index (χ0v) is 15.9. The predicted molar refractivity (Wildman–Crippen MR) is 114 cm³/mol. The fourth-order valence-corrected chi connectivity index (χ4v) is 3.55. The van der Waals surface area contributed by atoms with Gasteiger partial charge in [-0.15, -0.1) is 0 Å². The molecule has 0 aliphatic carbocycles. The first kappa shape index (κ1) is 17.3. The average molecular weight is 378 g/mol. The van der Waals surface area contributed by atoms with Crippen LogP contribution in [0.15, 0.2) is 79.4 Å². The molecule has 3 heterocycles. The van der Waals surface area contributed by atoms with Gasteiger partial charge < -0.3 is 0 Å². The number of rotatable bonds is 4. The van der Waals surface area contributed by atoms with Gasteiger partial charge in [0.25, 0.3) is 0 Å². The summed E-state index contributed by atoms with van der Waals surface area (Å²) in [6.45, 7) is 0. The van der Waals surface area contributed by atoms with E-state index in [1.54, 1.807) is 10.9 Å². The van der Waals surface area contributed by atoms with Crippen molar-refractivity contribution in [1.29, 1.82) is 0 Å². The van der Waals surface area contributed by atoms with Crippen molar-refractivity contribution >= 4 is 27.5 Å². The van der Waals surface area contributed by atoms with Gasteiger partial charge in [-0.25, -0.2) is 0 Å². The number of hydrogen-bond acceptors (Lipinski definition) is 4. The van der Waals surface area contributed by atoms with Gasteiger partial charge >= 0.3 is 0 Å². The van der Waals surface area contributed by atoms with Gasteiger partial charge in [0.15, 0.2) is 5.78 Å². The van der Waals surface area contributed by atoms with Crippen molar-refractivity contribution in [3.05, 3.63) is 90.6 Å². The van der Waals surface area contributed by atoms with Crippen LogP contribution in [0.1, 0.15) is 16.1 Å². The highest BCUT2D eigenvalue weighted by Crippen LogP contribution is 2.24. The number of carbonyl (C=O) groups excluding carboxylic acids is 1. The summed E-state index contributed by atoms with van der Waals surface area (Å²) in [4.78, 5) is 21.6. The lowest BCUT2D eigenvalue weighted by molar-refractivity contribution is 0.0992. The molecular weight excluding hydrogens is 360 g/mol. The molecule has 0 bridgehead atoms. The Morgan fingerprint density at radius 1 is 0.897 bits per heavy atom. The predicted octanol–water partition coefficient (Wildman–Crippen LogP) is 4.61. The van der Waals surface area contributed by atoms with E-state index in [2.05, 4.69) is 27.2 Å². The minimum Gasteiger partial charge on any atom is -0.294 e. The molecule has 5 aromatic rings. The van der Waals surface area contributed by atoms with Gasteiger partial charge in [0.05, 0.1) is 18.1 Å². The van der Waals surface area contributed by atoms with Crippen LogP contribution in [0.5, 0.6) is 0 Å². The summed E-state index contributed by atoms with van der Waals surface area (Å²) >= 11 is 0. The number of aryl methyl sites for hydroxylation is 1. The molecule has 0 aliphatic rings. The van der Waals surface area contributed by atoms with Crippen LogP contribution in [0.4, 0.5) is 0 Å². The summed E-state index contributed by atoms with van der Waals surface area (Å²) in [6, 6.07) is 17.7. The lowest BCUT2D eigenvalue weighted by Gasteiger charge is -2.06. The van der Waals surface area contributed by atoms with E-state index in [0.29, 0.717) is 5.56 Å². The van der Waals surface area contributed by atoms with E-state index in [-0.39, 0.29) is 12.2 Å². The smallest absolute Gasteiger partial charge is 0.168 e. The molecule has 5 rings (SSSR count). The maximum absolute atomic E-state index is 12.8. The molecule has 0 saturated carbocycles. The molecule has 5 heteroatoms. The Morgan fingerprint density at radius 3 is 2.69 bits per heavy atom. The number of ketones is 1. The molecular formula is C24H18N4O. The highest BCUT2D eigenvalue weighted by molar-refractivity contribution is 6.00. The summed E-state index contributed by atoms with van der Waals surface area (Å²) < 4.78 is 1.79. The van der Waals surface area contributed by atoms with E-state index in [9.17, 15) is 4.79 Å². The molecule has 0 spiro atoms. The minimum absolute atomic E-state index is 0.0472. The van der Waals surface area contributed by atoms with Crippen molar-refractivity contribution in [2.24, 2.45) is 7.05 Å². The van der Waals surface area contributed by atoms with Gasteiger partial charge in [0.2, 0.25) is 0 Å². The third kappa shape index (κ3) is 3.38. The number of benzene rings is 2. The minimum atomic E-state index is 0.0472. The molecule has 29 heavy (non-hydrogen) atoms. The largest absolute Gasteiger partial charge is 0.294 e. The lowest BCUT2D eigenvalue weighted by Crippen LogP contribution is -2.05. The standard InChI is InChI=1S/C24H18N4O/c1-28-15-21(14-27-28)16-4-5-19-13-26-22(11-20(19)9-16)12-24(29)18-6-7-23-17(10-18)3-2-8-25-23/h2-11,13-15H,12H2,1H3. The molecule has 140 valence electrons. The third-order valence-corrected chi connectivity index (χ3v) is 5.08. The first-order chi connectivity index (χ1) is 14.2. The molecule has 5 nitrogen and oxygen atoms in total. The summed E-state index contributed by atoms with van der Waals surface area (Å²) in [7, 11) is 1.90. The molecule has 0 unspecified atom stereocenters. The van der Waals surface area contributed by atoms with E-state index in [0.717, 1.165) is 38.5 Å². The normalized spacial score (nSPS) is 11.2. The molecule has 0 saturated heterocycles. The van der Waals surface area contributed by atoms with E-state index in [4.69, 9.17) is 0 Å². The van der Waals surface area contributed by atoms with Crippen molar-refractivity contribution in [1.82, 2.24) is 19.7 Å². The van der Waals surface area contributed by atoms with Crippen LogP contribution in [0.25, 0.3) is 32.8 Å².